The highest BCUT2D eigenvalue weighted by Gasteiger charge is 2.50. The highest BCUT2D eigenvalue weighted by Crippen LogP contribution is 2.38. The van der Waals surface area contributed by atoms with Gasteiger partial charge in [-0.15, -0.1) is 0 Å². The van der Waals surface area contributed by atoms with Crippen molar-refractivity contribution in [2.24, 2.45) is 0 Å². The Morgan fingerprint density at radius 1 is 1.18 bits per heavy atom. The lowest BCUT2D eigenvalue weighted by Gasteiger charge is -2.22. The van der Waals surface area contributed by atoms with Crippen molar-refractivity contribution >= 4 is 17.7 Å². The number of hydrogen-bond donors (Lipinski definition) is 1. The van der Waals surface area contributed by atoms with E-state index in [1.54, 1.807) is 25.1 Å². The van der Waals surface area contributed by atoms with Crippen molar-refractivity contribution in [1.82, 2.24) is 14.8 Å². The lowest BCUT2D eigenvalue weighted by atomic mass is 9.91. The maximum Gasteiger partial charge on any atom is 0.325 e. The molecule has 1 aromatic carbocycles. The SMILES string of the molecule is Cc1cc(C(=O)CN2C(=O)NC(C)(c3ccc4c(c3)OCO4)C2=O)c(C)n1CC1CCCO1. The van der Waals surface area contributed by atoms with Gasteiger partial charge >= 0.3 is 6.03 Å². The van der Waals surface area contributed by atoms with E-state index in [1.807, 2.05) is 19.9 Å². The number of ether oxygens (including phenoxy) is 3. The number of hydrogen-bond acceptors (Lipinski definition) is 6. The molecule has 9 nitrogen and oxygen atoms in total. The number of amides is 3. The average molecular weight is 453 g/mol. The van der Waals surface area contributed by atoms with Crippen LogP contribution in [0.15, 0.2) is 24.3 Å². The number of nitrogens with one attached hydrogen (secondary N) is 1. The van der Waals surface area contributed by atoms with Gasteiger partial charge < -0.3 is 24.1 Å². The van der Waals surface area contributed by atoms with Gasteiger partial charge in [-0.2, -0.15) is 0 Å². The number of Topliss-reactive ketones (excluding diaryl/α,β-unsaturated/α-hetero) is 1. The zero-order valence-electron chi connectivity index (χ0n) is 19.0. The fourth-order valence-electron chi connectivity index (χ4n) is 4.83. The van der Waals surface area contributed by atoms with Gasteiger partial charge in [0.15, 0.2) is 17.3 Å². The van der Waals surface area contributed by atoms with E-state index in [-0.39, 0.29) is 25.2 Å². The Bertz CT molecular complexity index is 1150. The van der Waals surface area contributed by atoms with Gasteiger partial charge in [0.25, 0.3) is 5.91 Å². The minimum absolute atomic E-state index is 0.113. The van der Waals surface area contributed by atoms with Crippen LogP contribution in [0.1, 0.15) is 47.1 Å². The molecule has 2 saturated heterocycles. The molecular weight excluding hydrogens is 426 g/mol. The predicted molar refractivity (Wildman–Crippen MR) is 117 cm³/mol. The second kappa shape index (κ2) is 7.91. The van der Waals surface area contributed by atoms with E-state index in [2.05, 4.69) is 9.88 Å². The first-order valence-electron chi connectivity index (χ1n) is 11.1. The molecule has 2 fully saturated rings. The summed E-state index contributed by atoms with van der Waals surface area (Å²) >= 11 is 0. The first-order chi connectivity index (χ1) is 15.8. The summed E-state index contributed by atoms with van der Waals surface area (Å²) in [5.74, 6) is 0.349. The Labute approximate surface area is 191 Å². The van der Waals surface area contributed by atoms with Gasteiger partial charge in [0, 0.05) is 30.1 Å². The number of nitrogens with zero attached hydrogens (tertiary/aromatic N) is 2. The van der Waals surface area contributed by atoms with Gasteiger partial charge in [0.05, 0.1) is 12.6 Å². The first kappa shape index (κ1) is 21.5. The summed E-state index contributed by atoms with van der Waals surface area (Å²) in [4.78, 5) is 40.2. The quantitative estimate of drug-likeness (QED) is 0.533. The van der Waals surface area contributed by atoms with Crippen LogP contribution in [0.2, 0.25) is 0 Å². The number of fused-ring (bicyclic) bond motifs is 1. The van der Waals surface area contributed by atoms with Crippen molar-refractivity contribution in [2.75, 3.05) is 19.9 Å². The third-order valence-electron chi connectivity index (χ3n) is 6.81. The average Bonchev–Trinajstić information content (AvgIpc) is 3.56. The molecule has 0 bridgehead atoms. The van der Waals surface area contributed by atoms with E-state index in [0.29, 0.717) is 29.2 Å². The normalized spacial score (nSPS) is 24.0. The van der Waals surface area contributed by atoms with Crippen molar-refractivity contribution in [2.45, 2.75) is 51.8 Å². The minimum atomic E-state index is -1.30. The molecule has 5 rings (SSSR count). The molecule has 1 aromatic heterocycles. The van der Waals surface area contributed by atoms with Gasteiger partial charge in [-0.25, -0.2) is 4.79 Å². The highest BCUT2D eigenvalue weighted by molar-refractivity contribution is 6.11. The Kier molecular flexibility index (Phi) is 5.16. The van der Waals surface area contributed by atoms with Crippen molar-refractivity contribution in [1.29, 1.82) is 0 Å². The molecule has 0 spiro atoms. The third-order valence-corrected chi connectivity index (χ3v) is 6.81. The van der Waals surface area contributed by atoms with Crippen LogP contribution in [0.4, 0.5) is 4.79 Å². The van der Waals surface area contributed by atoms with Crippen molar-refractivity contribution in [3.63, 3.8) is 0 Å². The Hall–Kier alpha value is -3.33. The second-order valence-corrected chi connectivity index (χ2v) is 8.97. The van der Waals surface area contributed by atoms with Gasteiger partial charge in [-0.3, -0.25) is 14.5 Å². The second-order valence-electron chi connectivity index (χ2n) is 8.97. The Balaban J connectivity index is 1.35. The van der Waals surface area contributed by atoms with Gasteiger partial charge in [-0.1, -0.05) is 6.07 Å². The maximum atomic E-state index is 13.3. The number of carbonyl (C=O) groups is 3. The number of ketones is 1. The number of benzene rings is 1. The number of aryl methyl sites for hydroxylation is 1. The number of imide groups is 1. The molecule has 174 valence electrons. The Morgan fingerprint density at radius 2 is 1.97 bits per heavy atom. The maximum absolute atomic E-state index is 13.3. The number of urea groups is 1. The lowest BCUT2D eigenvalue weighted by Crippen LogP contribution is -2.41. The molecule has 2 unspecified atom stereocenters. The summed E-state index contributed by atoms with van der Waals surface area (Å²) < 4.78 is 18.5. The monoisotopic (exact) mass is 453 g/mol. The summed E-state index contributed by atoms with van der Waals surface area (Å²) in [5, 5.41) is 2.74. The molecule has 2 atom stereocenters. The summed E-state index contributed by atoms with van der Waals surface area (Å²) in [6.07, 6.45) is 2.19. The molecule has 9 heteroatoms. The zero-order chi connectivity index (χ0) is 23.3. The van der Waals surface area contributed by atoms with E-state index in [4.69, 9.17) is 14.2 Å². The van der Waals surface area contributed by atoms with Crippen LogP contribution in [-0.2, 0) is 21.6 Å². The van der Waals surface area contributed by atoms with Crippen LogP contribution in [0.5, 0.6) is 11.5 Å². The fraction of sp³-hybridized carbons (Fsp3) is 0.458. The van der Waals surface area contributed by atoms with E-state index in [1.165, 1.54) is 0 Å². The highest BCUT2D eigenvalue weighted by atomic mass is 16.7. The van der Waals surface area contributed by atoms with Crippen LogP contribution in [0.3, 0.4) is 0 Å². The van der Waals surface area contributed by atoms with Crippen molar-refractivity contribution in [3.05, 3.63) is 46.8 Å². The molecule has 0 aliphatic carbocycles. The molecule has 1 N–H and O–H groups in total. The van der Waals surface area contributed by atoms with Crippen molar-refractivity contribution < 1.29 is 28.6 Å². The van der Waals surface area contributed by atoms with E-state index < -0.39 is 17.5 Å². The van der Waals surface area contributed by atoms with Crippen LogP contribution in [-0.4, -0.2) is 53.2 Å². The molecule has 2 aromatic rings. The largest absolute Gasteiger partial charge is 0.454 e. The van der Waals surface area contributed by atoms with Gasteiger partial charge in [0.1, 0.15) is 5.54 Å². The van der Waals surface area contributed by atoms with Crippen molar-refractivity contribution in [3.8, 4) is 11.5 Å². The van der Waals surface area contributed by atoms with Crippen LogP contribution in [0, 0.1) is 13.8 Å². The smallest absolute Gasteiger partial charge is 0.325 e. The number of carbonyl (C=O) groups excluding carboxylic acids is 3. The fourth-order valence-corrected chi connectivity index (χ4v) is 4.83. The van der Waals surface area contributed by atoms with Crippen LogP contribution >= 0.6 is 0 Å². The topological polar surface area (TPSA) is 99.1 Å². The molecule has 3 aliphatic heterocycles. The molecule has 3 aliphatic rings. The lowest BCUT2D eigenvalue weighted by molar-refractivity contribution is -0.130. The molecule has 0 saturated carbocycles. The van der Waals surface area contributed by atoms with Gasteiger partial charge in [0.2, 0.25) is 6.79 Å². The van der Waals surface area contributed by atoms with E-state index in [9.17, 15) is 14.4 Å². The Morgan fingerprint density at radius 3 is 2.73 bits per heavy atom. The molecule has 33 heavy (non-hydrogen) atoms. The molecule has 0 radical (unpaired) electrons. The third kappa shape index (κ3) is 3.56. The number of rotatable bonds is 6. The van der Waals surface area contributed by atoms with E-state index in [0.717, 1.165) is 35.7 Å². The predicted octanol–water partition coefficient (Wildman–Crippen LogP) is 2.66. The van der Waals surface area contributed by atoms with E-state index >= 15 is 0 Å². The zero-order valence-corrected chi connectivity index (χ0v) is 19.0. The summed E-state index contributed by atoms with van der Waals surface area (Å²) in [7, 11) is 0. The van der Waals surface area contributed by atoms with Crippen LogP contribution in [0.25, 0.3) is 0 Å². The molecule has 4 heterocycles. The standard InChI is InChI=1S/C24H27N3O6/c1-14-9-18(15(2)26(14)11-17-5-4-8-31-17)19(28)12-27-22(29)24(3,25-23(27)30)16-6-7-20-21(10-16)33-13-32-20/h6-7,9-10,17H,4-5,8,11-13H2,1-3H3,(H,25,30). The summed E-state index contributed by atoms with van der Waals surface area (Å²) in [5.41, 5.74) is 1.56. The molecule has 3 amide bonds. The first-order valence-corrected chi connectivity index (χ1v) is 11.1. The minimum Gasteiger partial charge on any atom is -0.454 e. The molecular formula is C24H27N3O6. The summed E-state index contributed by atoms with van der Waals surface area (Å²) in [6, 6.07) is 6.34. The van der Waals surface area contributed by atoms with Gasteiger partial charge in [-0.05, 0) is 57.4 Å². The number of aromatic nitrogens is 1. The summed E-state index contributed by atoms with van der Waals surface area (Å²) in [6.45, 7) is 6.71. The van der Waals surface area contributed by atoms with Crippen LogP contribution < -0.4 is 14.8 Å².